The van der Waals surface area contributed by atoms with Gasteiger partial charge in [0.2, 0.25) is 0 Å². The summed E-state index contributed by atoms with van der Waals surface area (Å²) >= 11 is 12.2. The first-order valence-corrected chi connectivity index (χ1v) is 8.14. The van der Waals surface area contributed by atoms with Gasteiger partial charge in [0.1, 0.15) is 0 Å². The van der Waals surface area contributed by atoms with E-state index in [0.29, 0.717) is 21.6 Å². The highest BCUT2D eigenvalue weighted by atomic mass is 35.5. The van der Waals surface area contributed by atoms with Gasteiger partial charge in [-0.15, -0.1) is 0 Å². The number of benzene rings is 2. The molecule has 4 heteroatoms. The average molecular weight is 313 g/mol. The quantitative estimate of drug-likeness (QED) is 0.796. The Morgan fingerprint density at radius 1 is 0.947 bits per heavy atom. The maximum absolute atomic E-state index is 12.2. The van der Waals surface area contributed by atoms with Gasteiger partial charge < -0.3 is 0 Å². The van der Waals surface area contributed by atoms with Crippen LogP contribution in [0, 0.1) is 6.92 Å². The van der Waals surface area contributed by atoms with Gasteiger partial charge in [-0.3, -0.25) is 4.21 Å². The summed E-state index contributed by atoms with van der Waals surface area (Å²) in [5.41, 5.74) is 3.02. The van der Waals surface area contributed by atoms with Crippen molar-refractivity contribution in [3.63, 3.8) is 0 Å². The Morgan fingerprint density at radius 3 is 2.11 bits per heavy atom. The van der Waals surface area contributed by atoms with Gasteiger partial charge in [-0.05, 0) is 24.6 Å². The lowest BCUT2D eigenvalue weighted by Gasteiger charge is -2.07. The zero-order valence-corrected chi connectivity index (χ0v) is 12.9. The maximum atomic E-state index is 12.2. The van der Waals surface area contributed by atoms with Gasteiger partial charge in [0, 0.05) is 32.2 Å². The van der Waals surface area contributed by atoms with Crippen molar-refractivity contribution in [1.29, 1.82) is 0 Å². The van der Waals surface area contributed by atoms with Crippen molar-refractivity contribution < 1.29 is 4.21 Å². The van der Waals surface area contributed by atoms with Crippen LogP contribution in [0.4, 0.5) is 0 Å². The summed E-state index contributed by atoms with van der Waals surface area (Å²) < 4.78 is 12.2. The smallest absolute Gasteiger partial charge is 0.0518 e. The van der Waals surface area contributed by atoms with E-state index in [9.17, 15) is 4.21 Å². The Hall–Kier alpha value is -0.830. The summed E-state index contributed by atoms with van der Waals surface area (Å²) in [6, 6.07) is 13.4. The summed E-state index contributed by atoms with van der Waals surface area (Å²) in [5, 5.41) is 1.15. The number of rotatable bonds is 4. The second-order valence-corrected chi connectivity index (χ2v) is 6.69. The molecule has 0 radical (unpaired) electrons. The second-order valence-electron chi connectivity index (χ2n) is 4.41. The van der Waals surface area contributed by atoms with E-state index in [1.807, 2.05) is 31.2 Å². The summed E-state index contributed by atoms with van der Waals surface area (Å²) in [6.07, 6.45) is 0. The molecule has 100 valence electrons. The standard InChI is InChI=1S/C15H14Cl2OS/c1-11-5-7-12(8-6-11)9-19(18)10-13-14(16)3-2-4-15(13)17/h2-8H,9-10H2,1H3/t19-/m1/s1. The number of hydrogen-bond acceptors (Lipinski definition) is 1. The molecule has 0 saturated heterocycles. The normalized spacial score (nSPS) is 12.4. The van der Waals surface area contributed by atoms with E-state index in [1.165, 1.54) is 5.56 Å². The minimum absolute atomic E-state index is 0.381. The van der Waals surface area contributed by atoms with Crippen molar-refractivity contribution in [2.75, 3.05) is 0 Å². The Labute approximate surface area is 126 Å². The molecule has 0 heterocycles. The molecular weight excluding hydrogens is 299 g/mol. The highest BCUT2D eigenvalue weighted by Crippen LogP contribution is 2.26. The van der Waals surface area contributed by atoms with Crippen LogP contribution in [0.15, 0.2) is 42.5 Å². The molecular formula is C15H14Cl2OS. The third-order valence-corrected chi connectivity index (χ3v) is 4.79. The van der Waals surface area contributed by atoms with E-state index in [2.05, 4.69) is 0 Å². The van der Waals surface area contributed by atoms with Gasteiger partial charge in [0.25, 0.3) is 0 Å². The summed E-state index contributed by atoms with van der Waals surface area (Å²) in [6.45, 7) is 2.03. The SMILES string of the molecule is Cc1ccc(C[S@@](=O)Cc2c(Cl)cccc2Cl)cc1. The molecule has 2 rings (SSSR count). The third-order valence-electron chi connectivity index (χ3n) is 2.82. The zero-order chi connectivity index (χ0) is 13.8. The minimum atomic E-state index is -1.02. The fraction of sp³-hybridized carbons (Fsp3) is 0.200. The predicted molar refractivity (Wildman–Crippen MR) is 83.2 cm³/mol. The first kappa shape index (κ1) is 14.6. The fourth-order valence-electron chi connectivity index (χ4n) is 1.75. The first-order valence-electron chi connectivity index (χ1n) is 5.89. The Bertz CT molecular complexity index is 573. The van der Waals surface area contributed by atoms with E-state index in [1.54, 1.807) is 18.2 Å². The minimum Gasteiger partial charge on any atom is -0.259 e. The zero-order valence-electron chi connectivity index (χ0n) is 10.5. The molecule has 0 saturated carbocycles. The largest absolute Gasteiger partial charge is 0.259 e. The molecule has 0 amide bonds. The Morgan fingerprint density at radius 2 is 1.53 bits per heavy atom. The van der Waals surface area contributed by atoms with Crippen molar-refractivity contribution >= 4 is 34.0 Å². The molecule has 0 aliphatic heterocycles. The van der Waals surface area contributed by atoms with Gasteiger partial charge in [-0.2, -0.15) is 0 Å². The highest BCUT2D eigenvalue weighted by Gasteiger charge is 2.10. The van der Waals surface area contributed by atoms with Gasteiger partial charge >= 0.3 is 0 Å². The second kappa shape index (κ2) is 6.56. The molecule has 2 aromatic rings. The van der Waals surface area contributed by atoms with Crippen molar-refractivity contribution in [3.8, 4) is 0 Å². The summed E-state index contributed by atoms with van der Waals surface area (Å²) in [4.78, 5) is 0. The molecule has 1 nitrogen and oxygen atoms in total. The lowest BCUT2D eigenvalue weighted by atomic mass is 10.2. The van der Waals surface area contributed by atoms with Crippen LogP contribution in [0.25, 0.3) is 0 Å². The van der Waals surface area contributed by atoms with Crippen molar-refractivity contribution in [3.05, 3.63) is 69.2 Å². The van der Waals surface area contributed by atoms with Crippen LogP contribution < -0.4 is 0 Å². The molecule has 0 aliphatic carbocycles. The molecule has 1 atom stereocenters. The monoisotopic (exact) mass is 312 g/mol. The summed E-state index contributed by atoms with van der Waals surface area (Å²) in [5.74, 6) is 0.897. The number of halogens is 2. The van der Waals surface area contributed by atoms with Crippen LogP contribution in [0.5, 0.6) is 0 Å². The molecule has 0 aromatic heterocycles. The Balaban J connectivity index is 2.07. The molecule has 19 heavy (non-hydrogen) atoms. The maximum Gasteiger partial charge on any atom is 0.0518 e. The fourth-order valence-corrected chi connectivity index (χ4v) is 3.74. The van der Waals surface area contributed by atoms with Crippen LogP contribution in [-0.4, -0.2) is 4.21 Å². The van der Waals surface area contributed by atoms with E-state index < -0.39 is 10.8 Å². The number of hydrogen-bond donors (Lipinski definition) is 0. The third kappa shape index (κ3) is 4.07. The molecule has 0 aliphatic rings. The van der Waals surface area contributed by atoms with Crippen LogP contribution >= 0.6 is 23.2 Å². The van der Waals surface area contributed by atoms with E-state index >= 15 is 0 Å². The first-order chi connectivity index (χ1) is 9.06. The van der Waals surface area contributed by atoms with Crippen LogP contribution in [0.1, 0.15) is 16.7 Å². The van der Waals surface area contributed by atoms with Gasteiger partial charge in [-0.1, -0.05) is 59.1 Å². The van der Waals surface area contributed by atoms with Crippen LogP contribution in [0.2, 0.25) is 10.0 Å². The van der Waals surface area contributed by atoms with E-state index in [0.717, 1.165) is 11.1 Å². The van der Waals surface area contributed by atoms with Crippen molar-refractivity contribution in [2.24, 2.45) is 0 Å². The number of aryl methyl sites for hydroxylation is 1. The molecule has 0 unspecified atom stereocenters. The average Bonchev–Trinajstić information content (AvgIpc) is 2.37. The predicted octanol–water partition coefficient (Wildman–Crippen LogP) is 4.75. The van der Waals surface area contributed by atoms with Crippen LogP contribution in [-0.2, 0) is 22.3 Å². The van der Waals surface area contributed by atoms with Gasteiger partial charge in [-0.25, -0.2) is 0 Å². The topological polar surface area (TPSA) is 17.1 Å². The van der Waals surface area contributed by atoms with Crippen molar-refractivity contribution in [2.45, 2.75) is 18.4 Å². The lowest BCUT2D eigenvalue weighted by molar-refractivity contribution is 0.682. The summed E-state index contributed by atoms with van der Waals surface area (Å²) in [7, 11) is -1.02. The lowest BCUT2D eigenvalue weighted by Crippen LogP contribution is -2.01. The van der Waals surface area contributed by atoms with E-state index in [-0.39, 0.29) is 0 Å². The van der Waals surface area contributed by atoms with E-state index in [4.69, 9.17) is 23.2 Å². The molecule has 0 N–H and O–H groups in total. The van der Waals surface area contributed by atoms with Crippen LogP contribution in [0.3, 0.4) is 0 Å². The van der Waals surface area contributed by atoms with Crippen molar-refractivity contribution in [1.82, 2.24) is 0 Å². The Kier molecular flexibility index (Phi) is 5.03. The van der Waals surface area contributed by atoms with Gasteiger partial charge in [0.05, 0.1) is 5.75 Å². The molecule has 0 spiro atoms. The highest BCUT2D eigenvalue weighted by molar-refractivity contribution is 7.83. The molecule has 0 fully saturated rings. The molecule has 0 bridgehead atoms. The van der Waals surface area contributed by atoms with Gasteiger partial charge in [0.15, 0.2) is 0 Å². The molecule has 2 aromatic carbocycles.